The second-order valence-corrected chi connectivity index (χ2v) is 3.40. The summed E-state index contributed by atoms with van der Waals surface area (Å²) < 4.78 is 77.4. The number of hydrogen-bond donors (Lipinski definition) is 2. The van der Waals surface area contributed by atoms with Crippen LogP contribution >= 0.6 is 0 Å². The van der Waals surface area contributed by atoms with E-state index in [2.05, 4.69) is 9.72 Å². The Kier molecular flexibility index (Phi) is 4.12. The van der Waals surface area contributed by atoms with Gasteiger partial charge in [0.15, 0.2) is 0 Å². The average molecular weight is 304 g/mol. The molecule has 0 saturated carbocycles. The van der Waals surface area contributed by atoms with Crippen molar-refractivity contribution in [3.05, 3.63) is 22.9 Å². The number of pyridine rings is 1. The quantitative estimate of drug-likeness (QED) is 0.836. The van der Waals surface area contributed by atoms with Gasteiger partial charge in [-0.1, -0.05) is 0 Å². The third-order valence-corrected chi connectivity index (χ3v) is 1.97. The van der Waals surface area contributed by atoms with Crippen molar-refractivity contribution >= 4 is 5.97 Å². The molecule has 0 aliphatic rings. The Morgan fingerprint density at radius 2 is 1.85 bits per heavy atom. The van der Waals surface area contributed by atoms with Gasteiger partial charge >= 0.3 is 18.5 Å². The number of aromatic nitrogens is 1. The molecule has 0 unspecified atom stereocenters. The second kappa shape index (κ2) is 5.15. The molecular weight excluding hydrogens is 298 g/mol. The number of carbonyl (C=O) groups is 1. The van der Waals surface area contributed by atoms with Crippen LogP contribution in [0.3, 0.4) is 0 Å². The van der Waals surface area contributed by atoms with E-state index in [4.69, 9.17) is 10.8 Å². The van der Waals surface area contributed by atoms with Crippen molar-refractivity contribution < 1.29 is 41.0 Å². The molecule has 1 rings (SSSR count). The van der Waals surface area contributed by atoms with Gasteiger partial charge in [-0.15, -0.1) is 13.2 Å². The molecule has 20 heavy (non-hydrogen) atoms. The van der Waals surface area contributed by atoms with E-state index in [0.29, 0.717) is 6.07 Å². The molecule has 0 saturated heterocycles. The number of carboxylic acids is 1. The first kappa shape index (κ1) is 16.0. The van der Waals surface area contributed by atoms with Crippen molar-refractivity contribution in [3.63, 3.8) is 0 Å². The third kappa shape index (κ3) is 3.73. The van der Waals surface area contributed by atoms with Gasteiger partial charge in [0.05, 0.1) is 11.3 Å². The topological polar surface area (TPSA) is 85.4 Å². The Labute approximate surface area is 107 Å². The van der Waals surface area contributed by atoms with Gasteiger partial charge in [0.1, 0.15) is 5.56 Å². The number of rotatable bonds is 3. The second-order valence-electron chi connectivity index (χ2n) is 3.40. The maximum atomic E-state index is 12.7. The minimum absolute atomic E-state index is 0.439. The van der Waals surface area contributed by atoms with Crippen LogP contribution in [0.15, 0.2) is 6.07 Å². The number of halogens is 6. The molecule has 3 N–H and O–H groups in total. The molecule has 112 valence electrons. The molecule has 1 aromatic heterocycles. The molecular formula is C9H6F6N2O3. The molecule has 0 atom stereocenters. The van der Waals surface area contributed by atoms with E-state index >= 15 is 0 Å². The lowest BCUT2D eigenvalue weighted by molar-refractivity contribution is -0.278. The van der Waals surface area contributed by atoms with Gasteiger partial charge in [0.25, 0.3) is 0 Å². The highest BCUT2D eigenvalue weighted by atomic mass is 19.4. The van der Waals surface area contributed by atoms with E-state index < -0.39 is 47.8 Å². The van der Waals surface area contributed by atoms with Crippen molar-refractivity contribution in [2.75, 3.05) is 0 Å². The number of nitrogens with two attached hydrogens (primary N) is 1. The van der Waals surface area contributed by atoms with E-state index in [1.54, 1.807) is 0 Å². The van der Waals surface area contributed by atoms with E-state index in [1.165, 1.54) is 0 Å². The van der Waals surface area contributed by atoms with Gasteiger partial charge in [0.2, 0.25) is 5.88 Å². The zero-order valence-corrected chi connectivity index (χ0v) is 9.34. The van der Waals surface area contributed by atoms with Gasteiger partial charge in [0, 0.05) is 6.54 Å². The largest absolute Gasteiger partial charge is 0.574 e. The molecule has 0 radical (unpaired) electrons. The predicted octanol–water partition coefficient (Wildman–Crippen LogP) is 2.16. The van der Waals surface area contributed by atoms with E-state index in [-0.39, 0.29) is 0 Å². The van der Waals surface area contributed by atoms with Crippen LogP contribution in [0.25, 0.3) is 0 Å². The first-order chi connectivity index (χ1) is 8.95. The van der Waals surface area contributed by atoms with Crippen LogP contribution in [-0.2, 0) is 12.7 Å². The Bertz CT molecular complexity index is 526. The summed E-state index contributed by atoms with van der Waals surface area (Å²) in [5.41, 5.74) is 0.997. The monoisotopic (exact) mass is 304 g/mol. The lowest BCUT2D eigenvalue weighted by Gasteiger charge is -2.17. The Morgan fingerprint density at radius 3 is 2.20 bits per heavy atom. The van der Waals surface area contributed by atoms with Crippen LogP contribution in [0.1, 0.15) is 21.6 Å². The van der Waals surface area contributed by atoms with Crippen LogP contribution in [0.2, 0.25) is 0 Å². The Balaban J connectivity index is 3.60. The van der Waals surface area contributed by atoms with Gasteiger partial charge < -0.3 is 15.6 Å². The van der Waals surface area contributed by atoms with Gasteiger partial charge in [-0.05, 0) is 6.07 Å². The van der Waals surface area contributed by atoms with Crippen LogP contribution in [0.5, 0.6) is 5.88 Å². The summed E-state index contributed by atoms with van der Waals surface area (Å²) in [5.74, 6) is -3.98. The fourth-order valence-corrected chi connectivity index (χ4v) is 1.30. The first-order valence-electron chi connectivity index (χ1n) is 4.76. The molecule has 0 fully saturated rings. The molecule has 11 heteroatoms. The van der Waals surface area contributed by atoms with Crippen LogP contribution in [0, 0.1) is 0 Å². The molecule has 0 bridgehead atoms. The molecule has 0 amide bonds. The molecule has 0 aliphatic carbocycles. The molecule has 0 aliphatic heterocycles. The smallest absolute Gasteiger partial charge is 0.478 e. The van der Waals surface area contributed by atoms with Gasteiger partial charge in [-0.3, -0.25) is 0 Å². The minimum Gasteiger partial charge on any atom is -0.478 e. The minimum atomic E-state index is -5.46. The predicted molar refractivity (Wildman–Crippen MR) is 50.8 cm³/mol. The summed E-state index contributed by atoms with van der Waals surface area (Å²) in [7, 11) is 0. The highest BCUT2D eigenvalue weighted by Gasteiger charge is 2.44. The summed E-state index contributed by atoms with van der Waals surface area (Å²) in [4.78, 5) is 13.7. The summed E-state index contributed by atoms with van der Waals surface area (Å²) >= 11 is 0. The van der Waals surface area contributed by atoms with E-state index in [0.717, 1.165) is 0 Å². The molecule has 1 heterocycles. The van der Waals surface area contributed by atoms with Crippen molar-refractivity contribution in [2.45, 2.75) is 19.1 Å². The lowest BCUT2D eigenvalue weighted by Crippen LogP contribution is -2.24. The zero-order chi connectivity index (χ0) is 15.7. The van der Waals surface area contributed by atoms with Crippen molar-refractivity contribution in [3.8, 4) is 5.88 Å². The lowest BCUT2D eigenvalue weighted by atomic mass is 10.1. The van der Waals surface area contributed by atoms with Crippen LogP contribution < -0.4 is 10.5 Å². The van der Waals surface area contributed by atoms with Gasteiger partial charge in [-0.2, -0.15) is 13.2 Å². The fraction of sp³-hybridized carbons (Fsp3) is 0.333. The van der Waals surface area contributed by atoms with Crippen molar-refractivity contribution in [1.82, 2.24) is 4.98 Å². The number of aromatic carboxylic acids is 1. The number of alkyl halides is 6. The molecule has 1 aromatic rings. The zero-order valence-electron chi connectivity index (χ0n) is 9.34. The average Bonchev–Trinajstić information content (AvgIpc) is 2.23. The number of carboxylic acid groups (broad SMARTS) is 1. The number of hydrogen-bond acceptors (Lipinski definition) is 4. The number of nitrogens with zero attached hydrogens (tertiary/aromatic N) is 1. The normalized spacial score (nSPS) is 12.3. The number of ether oxygens (including phenoxy) is 1. The third-order valence-electron chi connectivity index (χ3n) is 1.97. The standard InChI is InChI=1S/C9H6F6N2O3/c10-8(11,12)5-4(7(18)19)1-3(2-16)17-6(5)20-9(13,14)15/h1H,2,16H2,(H,18,19). The molecule has 0 aromatic carbocycles. The Hall–Kier alpha value is -2.04. The SMILES string of the molecule is NCc1cc(C(=O)O)c(C(F)(F)F)c(OC(F)(F)F)n1. The van der Waals surface area contributed by atoms with E-state index in [9.17, 15) is 31.1 Å². The highest BCUT2D eigenvalue weighted by Crippen LogP contribution is 2.39. The molecule has 5 nitrogen and oxygen atoms in total. The summed E-state index contributed by atoms with van der Waals surface area (Å²) in [6.07, 6.45) is -10.9. The van der Waals surface area contributed by atoms with Gasteiger partial charge in [-0.25, -0.2) is 9.78 Å². The maximum absolute atomic E-state index is 12.7. The van der Waals surface area contributed by atoms with Crippen LogP contribution in [-0.4, -0.2) is 22.4 Å². The summed E-state index contributed by atoms with van der Waals surface area (Å²) in [6, 6.07) is 0.439. The highest BCUT2D eigenvalue weighted by molar-refractivity contribution is 5.90. The van der Waals surface area contributed by atoms with E-state index in [1.807, 2.05) is 0 Å². The van der Waals surface area contributed by atoms with Crippen molar-refractivity contribution in [2.24, 2.45) is 5.73 Å². The Morgan fingerprint density at radius 1 is 1.30 bits per heavy atom. The summed E-state index contributed by atoms with van der Waals surface area (Å²) in [6.45, 7) is -0.563. The van der Waals surface area contributed by atoms with Crippen LogP contribution in [0.4, 0.5) is 26.3 Å². The molecule has 0 spiro atoms. The fourth-order valence-electron chi connectivity index (χ4n) is 1.30. The van der Waals surface area contributed by atoms with Crippen molar-refractivity contribution in [1.29, 1.82) is 0 Å². The maximum Gasteiger partial charge on any atom is 0.574 e. The first-order valence-corrected chi connectivity index (χ1v) is 4.76. The summed E-state index contributed by atoms with van der Waals surface area (Å²) in [5, 5.41) is 8.67.